The van der Waals surface area contributed by atoms with Crippen LogP contribution in [-0.4, -0.2) is 5.78 Å². The Labute approximate surface area is 88.3 Å². The summed E-state index contributed by atoms with van der Waals surface area (Å²) >= 11 is 0. The van der Waals surface area contributed by atoms with Gasteiger partial charge in [-0.25, -0.2) is 0 Å². The highest BCUT2D eigenvalue weighted by atomic mass is 16.1. The van der Waals surface area contributed by atoms with E-state index in [1.165, 1.54) is 12.8 Å². The third-order valence-corrected chi connectivity index (χ3v) is 3.65. The fourth-order valence-electron chi connectivity index (χ4n) is 2.48. The molecule has 2 atom stereocenters. The predicted molar refractivity (Wildman–Crippen MR) is 60.2 cm³/mol. The van der Waals surface area contributed by atoms with Crippen LogP contribution in [0.1, 0.15) is 59.3 Å². The molecule has 1 rings (SSSR count). The smallest absolute Gasteiger partial charge is 0.135 e. The molecule has 1 fully saturated rings. The molecule has 0 aromatic carbocycles. The average molecular weight is 196 g/mol. The molecule has 1 aliphatic carbocycles. The monoisotopic (exact) mass is 196 g/mol. The molecule has 0 radical (unpaired) electrons. The summed E-state index contributed by atoms with van der Waals surface area (Å²) in [6, 6.07) is 0. The second-order valence-corrected chi connectivity index (χ2v) is 5.08. The van der Waals surface area contributed by atoms with Crippen LogP contribution in [0.25, 0.3) is 0 Å². The van der Waals surface area contributed by atoms with E-state index in [1.54, 1.807) is 0 Å². The van der Waals surface area contributed by atoms with Gasteiger partial charge < -0.3 is 0 Å². The maximum atomic E-state index is 11.7. The Morgan fingerprint density at radius 2 is 2.14 bits per heavy atom. The van der Waals surface area contributed by atoms with Crippen LogP contribution in [-0.2, 0) is 4.79 Å². The lowest BCUT2D eigenvalue weighted by Gasteiger charge is -2.30. The number of rotatable bonds is 4. The van der Waals surface area contributed by atoms with Gasteiger partial charge in [0.15, 0.2) is 0 Å². The first-order chi connectivity index (χ1) is 6.65. The van der Waals surface area contributed by atoms with Gasteiger partial charge in [0.2, 0.25) is 0 Å². The van der Waals surface area contributed by atoms with Crippen molar-refractivity contribution in [1.82, 2.24) is 0 Å². The van der Waals surface area contributed by atoms with Gasteiger partial charge in [-0.3, -0.25) is 4.79 Å². The van der Waals surface area contributed by atoms with Gasteiger partial charge in [0.05, 0.1) is 0 Å². The van der Waals surface area contributed by atoms with Crippen molar-refractivity contribution in [3.8, 4) is 0 Å². The highest BCUT2D eigenvalue weighted by Gasteiger charge is 2.29. The quantitative estimate of drug-likeness (QED) is 0.668. The lowest BCUT2D eigenvalue weighted by molar-refractivity contribution is -0.126. The number of ketones is 1. The van der Waals surface area contributed by atoms with Crippen molar-refractivity contribution in [2.24, 2.45) is 17.8 Å². The molecule has 0 aromatic rings. The topological polar surface area (TPSA) is 17.1 Å². The number of hydrogen-bond donors (Lipinski definition) is 0. The van der Waals surface area contributed by atoms with E-state index in [0.29, 0.717) is 11.7 Å². The zero-order valence-corrected chi connectivity index (χ0v) is 9.88. The summed E-state index contributed by atoms with van der Waals surface area (Å²) in [5.74, 6) is 2.49. The van der Waals surface area contributed by atoms with Crippen molar-refractivity contribution in [1.29, 1.82) is 0 Å². The first-order valence-electron chi connectivity index (χ1n) is 6.17. The number of hydrogen-bond acceptors (Lipinski definition) is 1. The van der Waals surface area contributed by atoms with Gasteiger partial charge >= 0.3 is 0 Å². The summed E-state index contributed by atoms with van der Waals surface area (Å²) < 4.78 is 0. The molecule has 1 aliphatic rings. The zero-order valence-electron chi connectivity index (χ0n) is 9.88. The summed E-state index contributed by atoms with van der Waals surface area (Å²) in [5, 5.41) is 0. The lowest BCUT2D eigenvalue weighted by atomic mass is 9.74. The zero-order chi connectivity index (χ0) is 10.6. The van der Waals surface area contributed by atoms with Crippen molar-refractivity contribution in [3.05, 3.63) is 0 Å². The van der Waals surface area contributed by atoms with E-state index in [1.807, 2.05) is 0 Å². The van der Waals surface area contributed by atoms with Crippen LogP contribution >= 0.6 is 0 Å². The molecule has 1 heteroatoms. The van der Waals surface area contributed by atoms with E-state index in [2.05, 4.69) is 20.8 Å². The third kappa shape index (κ3) is 3.11. The molecule has 82 valence electrons. The molecule has 0 bridgehead atoms. The molecule has 2 unspecified atom stereocenters. The highest BCUT2D eigenvalue weighted by molar-refractivity contribution is 5.81. The van der Waals surface area contributed by atoms with Crippen molar-refractivity contribution >= 4 is 5.78 Å². The minimum Gasteiger partial charge on any atom is -0.299 e. The largest absolute Gasteiger partial charge is 0.299 e. The number of Topliss-reactive ketones (excluding diaryl/α,β-unsaturated/α-hetero) is 1. The van der Waals surface area contributed by atoms with E-state index in [9.17, 15) is 4.79 Å². The third-order valence-electron chi connectivity index (χ3n) is 3.65. The van der Waals surface area contributed by atoms with Crippen LogP contribution in [0.2, 0.25) is 0 Å². The standard InChI is InChI=1S/C13H24O/c1-4-5-6-12-9-11(10(2)3)7-8-13(12)14/h10-12H,4-9H2,1-3H3. The normalized spacial score (nSPS) is 28.4. The minimum absolute atomic E-state index is 0.399. The molecule has 0 saturated heterocycles. The Balaban J connectivity index is 2.42. The Bertz CT molecular complexity index is 184. The van der Waals surface area contributed by atoms with Gasteiger partial charge in [-0.15, -0.1) is 0 Å². The first kappa shape index (κ1) is 11.7. The lowest BCUT2D eigenvalue weighted by Crippen LogP contribution is -2.27. The summed E-state index contributed by atoms with van der Waals surface area (Å²) in [4.78, 5) is 11.7. The average Bonchev–Trinajstić information content (AvgIpc) is 2.16. The van der Waals surface area contributed by atoms with E-state index in [0.717, 1.165) is 37.5 Å². The van der Waals surface area contributed by atoms with E-state index in [-0.39, 0.29) is 0 Å². The van der Waals surface area contributed by atoms with Gasteiger partial charge in [-0.1, -0.05) is 33.6 Å². The molecule has 1 saturated carbocycles. The second-order valence-electron chi connectivity index (χ2n) is 5.08. The fraction of sp³-hybridized carbons (Fsp3) is 0.923. The maximum absolute atomic E-state index is 11.7. The number of unbranched alkanes of at least 4 members (excludes halogenated alkanes) is 1. The molecule has 0 aromatic heterocycles. The number of carbonyl (C=O) groups excluding carboxylic acids is 1. The molecule has 0 heterocycles. The van der Waals surface area contributed by atoms with Crippen LogP contribution in [0, 0.1) is 17.8 Å². The Kier molecular flexibility index (Phi) is 4.64. The molecule has 1 nitrogen and oxygen atoms in total. The van der Waals surface area contributed by atoms with Gasteiger partial charge in [-0.2, -0.15) is 0 Å². The molecule has 0 spiro atoms. The van der Waals surface area contributed by atoms with Crippen LogP contribution in [0.3, 0.4) is 0 Å². The minimum atomic E-state index is 0.399. The van der Waals surface area contributed by atoms with Crippen molar-refractivity contribution in [3.63, 3.8) is 0 Å². The van der Waals surface area contributed by atoms with Gasteiger partial charge in [0.1, 0.15) is 5.78 Å². The molecule has 0 aliphatic heterocycles. The maximum Gasteiger partial charge on any atom is 0.135 e. The van der Waals surface area contributed by atoms with Crippen molar-refractivity contribution < 1.29 is 4.79 Å². The molecule has 0 amide bonds. The molecule has 14 heavy (non-hydrogen) atoms. The van der Waals surface area contributed by atoms with Crippen LogP contribution in [0.5, 0.6) is 0 Å². The van der Waals surface area contributed by atoms with E-state index < -0.39 is 0 Å². The Morgan fingerprint density at radius 3 is 2.71 bits per heavy atom. The van der Waals surface area contributed by atoms with Crippen LogP contribution < -0.4 is 0 Å². The van der Waals surface area contributed by atoms with E-state index >= 15 is 0 Å². The number of carbonyl (C=O) groups is 1. The summed E-state index contributed by atoms with van der Waals surface area (Å²) in [6.45, 7) is 6.78. The summed E-state index contributed by atoms with van der Waals surface area (Å²) in [5.41, 5.74) is 0. The molecular formula is C13H24O. The van der Waals surface area contributed by atoms with Crippen molar-refractivity contribution in [2.45, 2.75) is 59.3 Å². The predicted octanol–water partition coefficient (Wildman–Crippen LogP) is 3.82. The SMILES string of the molecule is CCCCC1CC(C(C)C)CCC1=O. The molecule has 0 N–H and O–H groups in total. The van der Waals surface area contributed by atoms with Gasteiger partial charge in [0.25, 0.3) is 0 Å². The highest BCUT2D eigenvalue weighted by Crippen LogP contribution is 2.33. The van der Waals surface area contributed by atoms with Crippen LogP contribution in [0.15, 0.2) is 0 Å². The van der Waals surface area contributed by atoms with Gasteiger partial charge in [0, 0.05) is 12.3 Å². The van der Waals surface area contributed by atoms with Crippen molar-refractivity contribution in [2.75, 3.05) is 0 Å². The Hall–Kier alpha value is -0.330. The van der Waals surface area contributed by atoms with E-state index in [4.69, 9.17) is 0 Å². The first-order valence-corrected chi connectivity index (χ1v) is 6.17. The van der Waals surface area contributed by atoms with Crippen LogP contribution in [0.4, 0.5) is 0 Å². The van der Waals surface area contributed by atoms with Gasteiger partial charge in [-0.05, 0) is 31.1 Å². The molecular weight excluding hydrogens is 172 g/mol. The fourth-order valence-corrected chi connectivity index (χ4v) is 2.48. The second kappa shape index (κ2) is 5.53. The summed E-state index contributed by atoms with van der Waals surface area (Å²) in [7, 11) is 0. The Morgan fingerprint density at radius 1 is 1.43 bits per heavy atom. The summed E-state index contributed by atoms with van der Waals surface area (Å²) in [6.07, 6.45) is 6.72.